The Morgan fingerprint density at radius 1 is 0.932 bits per heavy atom. The molecule has 0 radical (unpaired) electrons. The van der Waals surface area contributed by atoms with E-state index < -0.39 is 36.0 Å². The number of carbonyl (C=O) groups excluding carboxylic acids is 2. The quantitative estimate of drug-likeness (QED) is 0.175. The summed E-state index contributed by atoms with van der Waals surface area (Å²) in [4.78, 5) is 45.2. The molecule has 0 spiro atoms. The molecule has 3 atom stereocenters. The van der Waals surface area contributed by atoms with Crippen LogP contribution in [0.15, 0.2) is 103 Å². The van der Waals surface area contributed by atoms with Crippen molar-refractivity contribution < 1.29 is 24.2 Å². The van der Waals surface area contributed by atoms with Crippen molar-refractivity contribution >= 4 is 57.6 Å². The number of aromatic nitrogens is 1. The zero-order valence-corrected chi connectivity index (χ0v) is 24.8. The second-order valence-electron chi connectivity index (χ2n) is 10.5. The van der Waals surface area contributed by atoms with Crippen molar-refractivity contribution in [1.82, 2.24) is 10.3 Å². The third kappa shape index (κ3) is 5.92. The molecule has 2 amide bonds. The minimum Gasteiger partial charge on any atom is -0.480 e. The summed E-state index contributed by atoms with van der Waals surface area (Å²) in [6.45, 7) is 0.133. The molecule has 2 heterocycles. The Morgan fingerprint density at radius 2 is 1.66 bits per heavy atom. The standard InChI is InChI=1S/C34H27Cl2N3O5/c35-22-14-15-29-25(17-22)30(24-11-4-6-12-26(24)36)44-31(33(41)39(29)19-20-8-2-1-3-9-20)32(40)38-28(34(42)43)16-21-18-37-27-13-7-5-10-23(21)27/h1-15,17-18,28,30-31,37H,16,19H2,(H,38,40)(H,42,43). The highest BCUT2D eigenvalue weighted by Crippen LogP contribution is 2.42. The maximum Gasteiger partial charge on any atom is 0.326 e. The zero-order chi connectivity index (χ0) is 30.8. The number of benzene rings is 4. The number of rotatable bonds is 8. The van der Waals surface area contributed by atoms with E-state index in [4.69, 9.17) is 27.9 Å². The molecule has 0 fully saturated rings. The van der Waals surface area contributed by atoms with E-state index >= 15 is 0 Å². The number of H-pyrrole nitrogens is 1. The lowest BCUT2D eigenvalue weighted by Gasteiger charge is -2.25. The lowest BCUT2D eigenvalue weighted by Crippen LogP contribution is -2.52. The predicted octanol–water partition coefficient (Wildman–Crippen LogP) is 6.31. The van der Waals surface area contributed by atoms with E-state index in [2.05, 4.69) is 10.3 Å². The number of carbonyl (C=O) groups is 3. The van der Waals surface area contributed by atoms with E-state index in [0.717, 1.165) is 16.5 Å². The van der Waals surface area contributed by atoms with Crippen LogP contribution in [0.1, 0.15) is 28.4 Å². The molecule has 222 valence electrons. The highest BCUT2D eigenvalue weighted by Gasteiger charge is 2.42. The van der Waals surface area contributed by atoms with Gasteiger partial charge in [-0.15, -0.1) is 0 Å². The Labute approximate surface area is 263 Å². The first-order valence-electron chi connectivity index (χ1n) is 13.9. The Bertz CT molecular complexity index is 1860. The van der Waals surface area contributed by atoms with E-state index in [0.29, 0.717) is 32.4 Å². The van der Waals surface area contributed by atoms with Gasteiger partial charge in [0, 0.05) is 44.7 Å². The first-order chi connectivity index (χ1) is 21.3. The van der Waals surface area contributed by atoms with Gasteiger partial charge in [-0.2, -0.15) is 0 Å². The van der Waals surface area contributed by atoms with Crippen LogP contribution in [0.25, 0.3) is 10.9 Å². The molecule has 3 N–H and O–H groups in total. The number of anilines is 1. The molecule has 0 aliphatic carbocycles. The number of nitrogens with zero attached hydrogens (tertiary/aromatic N) is 1. The summed E-state index contributed by atoms with van der Waals surface area (Å²) in [5, 5.41) is 14.3. The summed E-state index contributed by atoms with van der Waals surface area (Å²) >= 11 is 13.0. The number of hydrogen-bond acceptors (Lipinski definition) is 4. The summed E-state index contributed by atoms with van der Waals surface area (Å²) in [6, 6.07) is 27.5. The topological polar surface area (TPSA) is 112 Å². The van der Waals surface area contributed by atoms with Crippen LogP contribution >= 0.6 is 23.2 Å². The van der Waals surface area contributed by atoms with E-state index in [1.54, 1.807) is 48.7 Å². The first kappa shape index (κ1) is 29.4. The van der Waals surface area contributed by atoms with Gasteiger partial charge in [0.2, 0.25) is 6.10 Å². The highest BCUT2D eigenvalue weighted by molar-refractivity contribution is 6.31. The van der Waals surface area contributed by atoms with Crippen molar-refractivity contribution in [2.75, 3.05) is 4.90 Å². The zero-order valence-electron chi connectivity index (χ0n) is 23.2. The fraction of sp³-hybridized carbons (Fsp3) is 0.147. The number of carboxylic acids is 1. The van der Waals surface area contributed by atoms with Crippen molar-refractivity contribution in [3.63, 3.8) is 0 Å². The largest absolute Gasteiger partial charge is 0.480 e. The van der Waals surface area contributed by atoms with Crippen molar-refractivity contribution in [1.29, 1.82) is 0 Å². The molecule has 0 bridgehead atoms. The summed E-state index contributed by atoms with van der Waals surface area (Å²) in [5.74, 6) is -2.78. The number of ether oxygens (including phenoxy) is 1. The van der Waals surface area contributed by atoms with Crippen LogP contribution in [0.4, 0.5) is 5.69 Å². The Hall–Kier alpha value is -4.63. The van der Waals surface area contributed by atoms with Gasteiger partial charge in [0.15, 0.2) is 0 Å². The Kier molecular flexibility index (Phi) is 8.39. The molecule has 1 aromatic heterocycles. The van der Waals surface area contributed by atoms with Gasteiger partial charge in [-0.25, -0.2) is 4.79 Å². The molecule has 8 nitrogen and oxygen atoms in total. The number of halogens is 2. The normalized spacial score (nSPS) is 17.1. The van der Waals surface area contributed by atoms with Gasteiger partial charge < -0.3 is 25.0 Å². The van der Waals surface area contributed by atoms with Crippen LogP contribution in [-0.2, 0) is 32.1 Å². The fourth-order valence-electron chi connectivity index (χ4n) is 5.51. The fourth-order valence-corrected chi connectivity index (χ4v) is 5.92. The van der Waals surface area contributed by atoms with Crippen molar-refractivity contribution in [3.8, 4) is 0 Å². The van der Waals surface area contributed by atoms with E-state index in [9.17, 15) is 19.5 Å². The van der Waals surface area contributed by atoms with Gasteiger partial charge in [-0.1, -0.05) is 89.9 Å². The Morgan fingerprint density at radius 3 is 2.43 bits per heavy atom. The van der Waals surface area contributed by atoms with Crippen LogP contribution in [0.3, 0.4) is 0 Å². The van der Waals surface area contributed by atoms with E-state index in [1.165, 1.54) is 4.90 Å². The van der Waals surface area contributed by atoms with E-state index in [-0.39, 0.29) is 13.0 Å². The number of amides is 2. The second kappa shape index (κ2) is 12.5. The SMILES string of the molecule is O=C(O)C(Cc1c[nH]c2ccccc12)NC(=O)C1OC(c2ccccc2Cl)c2cc(Cl)ccc2N(Cc2ccccc2)C1=O. The van der Waals surface area contributed by atoms with Crippen LogP contribution in [0.2, 0.25) is 10.0 Å². The maximum atomic E-state index is 14.3. The summed E-state index contributed by atoms with van der Waals surface area (Å²) in [5.41, 5.74) is 3.94. The highest BCUT2D eigenvalue weighted by atomic mass is 35.5. The molecular weight excluding hydrogens is 601 g/mol. The minimum atomic E-state index is -1.70. The van der Waals surface area contributed by atoms with Crippen LogP contribution in [0.5, 0.6) is 0 Å². The van der Waals surface area contributed by atoms with Crippen molar-refractivity contribution in [2.45, 2.75) is 31.2 Å². The van der Waals surface area contributed by atoms with Gasteiger partial charge in [-0.3, -0.25) is 9.59 Å². The Balaban J connectivity index is 1.39. The molecule has 0 saturated heterocycles. The molecule has 1 aliphatic rings. The number of aliphatic carboxylic acids is 1. The van der Waals surface area contributed by atoms with Gasteiger partial charge in [0.05, 0.1) is 12.2 Å². The lowest BCUT2D eigenvalue weighted by molar-refractivity contribution is -0.150. The number of para-hydroxylation sites is 1. The molecule has 10 heteroatoms. The number of hydrogen-bond donors (Lipinski definition) is 3. The van der Waals surface area contributed by atoms with Crippen LogP contribution < -0.4 is 10.2 Å². The first-order valence-corrected chi connectivity index (χ1v) is 14.7. The monoisotopic (exact) mass is 627 g/mol. The average molecular weight is 629 g/mol. The lowest BCUT2D eigenvalue weighted by atomic mass is 9.99. The smallest absolute Gasteiger partial charge is 0.326 e. The molecule has 4 aromatic carbocycles. The van der Waals surface area contributed by atoms with Crippen molar-refractivity contribution in [3.05, 3.63) is 136 Å². The predicted molar refractivity (Wildman–Crippen MR) is 169 cm³/mol. The molecule has 3 unspecified atom stereocenters. The van der Waals surface area contributed by atoms with Crippen LogP contribution in [0, 0.1) is 0 Å². The van der Waals surface area contributed by atoms with Gasteiger partial charge >= 0.3 is 5.97 Å². The summed E-state index contributed by atoms with van der Waals surface area (Å²) in [7, 11) is 0. The summed E-state index contributed by atoms with van der Waals surface area (Å²) in [6.07, 6.45) is -0.954. The van der Waals surface area contributed by atoms with E-state index in [1.807, 2.05) is 54.6 Å². The molecule has 6 rings (SSSR count). The third-order valence-corrected chi connectivity index (χ3v) is 8.23. The summed E-state index contributed by atoms with van der Waals surface area (Å²) < 4.78 is 6.34. The molecule has 5 aromatic rings. The maximum absolute atomic E-state index is 14.3. The third-order valence-electron chi connectivity index (χ3n) is 7.65. The number of aromatic amines is 1. The van der Waals surface area contributed by atoms with Crippen LogP contribution in [-0.4, -0.2) is 40.0 Å². The van der Waals surface area contributed by atoms with Gasteiger partial charge in [-0.05, 0) is 41.5 Å². The second-order valence-corrected chi connectivity index (χ2v) is 11.3. The van der Waals surface area contributed by atoms with Gasteiger partial charge in [0.1, 0.15) is 12.1 Å². The molecule has 1 aliphatic heterocycles. The molecule has 0 saturated carbocycles. The minimum absolute atomic E-state index is 0.0104. The number of nitrogens with one attached hydrogen (secondary N) is 2. The number of carboxylic acid groups (broad SMARTS) is 1. The molecule has 44 heavy (non-hydrogen) atoms. The van der Waals surface area contributed by atoms with Gasteiger partial charge in [0.25, 0.3) is 11.8 Å². The average Bonchev–Trinajstić information content (AvgIpc) is 3.39. The number of fused-ring (bicyclic) bond motifs is 2. The molecular formula is C34H27Cl2N3O5. The van der Waals surface area contributed by atoms with Crippen molar-refractivity contribution in [2.24, 2.45) is 0 Å².